The molecule has 0 aromatic heterocycles. The number of benzene rings is 2. The van der Waals surface area contributed by atoms with Gasteiger partial charge in [0.25, 0.3) is 0 Å². The minimum Gasteiger partial charge on any atom is -0.374 e. The number of carbonyl (C=O) groups excluding carboxylic acids is 1. The first-order chi connectivity index (χ1) is 12.5. The Kier molecular flexibility index (Phi) is 6.51. The summed E-state index contributed by atoms with van der Waals surface area (Å²) in [5.74, 6) is 0.673. The Balaban J connectivity index is 1.80. The van der Waals surface area contributed by atoms with Crippen LogP contribution in [-0.2, 0) is 22.4 Å². The number of nitrogens with zero attached hydrogens (tertiary/aromatic N) is 1. The molecule has 6 heteroatoms. The maximum atomic E-state index is 12.9. The SMILES string of the molecule is COCSc1cccc2c1CCN(C(=O)Cc1c(Cl)cccc1Cl)[C@H]2C. The summed E-state index contributed by atoms with van der Waals surface area (Å²) in [7, 11) is 1.70. The van der Waals surface area contributed by atoms with Crippen molar-refractivity contribution >= 4 is 40.9 Å². The van der Waals surface area contributed by atoms with Crippen LogP contribution in [0.15, 0.2) is 41.3 Å². The van der Waals surface area contributed by atoms with Crippen molar-refractivity contribution in [1.82, 2.24) is 4.90 Å². The molecule has 26 heavy (non-hydrogen) atoms. The molecular formula is C20H21Cl2NO2S. The Morgan fingerprint density at radius 2 is 1.92 bits per heavy atom. The summed E-state index contributed by atoms with van der Waals surface area (Å²) in [6.45, 7) is 2.77. The highest BCUT2D eigenvalue weighted by Crippen LogP contribution is 2.36. The summed E-state index contributed by atoms with van der Waals surface area (Å²) in [5, 5.41) is 1.07. The zero-order valence-electron chi connectivity index (χ0n) is 14.8. The van der Waals surface area contributed by atoms with Gasteiger partial charge >= 0.3 is 0 Å². The van der Waals surface area contributed by atoms with E-state index in [9.17, 15) is 4.79 Å². The largest absolute Gasteiger partial charge is 0.374 e. The van der Waals surface area contributed by atoms with Gasteiger partial charge in [-0.15, -0.1) is 0 Å². The maximum Gasteiger partial charge on any atom is 0.227 e. The zero-order chi connectivity index (χ0) is 18.7. The quantitative estimate of drug-likeness (QED) is 0.490. The molecule has 138 valence electrons. The van der Waals surface area contributed by atoms with Gasteiger partial charge in [-0.25, -0.2) is 0 Å². The average Bonchev–Trinajstić information content (AvgIpc) is 2.63. The van der Waals surface area contributed by atoms with Crippen LogP contribution in [0.2, 0.25) is 10.0 Å². The van der Waals surface area contributed by atoms with E-state index in [0.29, 0.717) is 28.1 Å². The first kappa shape index (κ1) is 19.6. The van der Waals surface area contributed by atoms with Crippen LogP contribution in [0.1, 0.15) is 29.7 Å². The third-order valence-electron chi connectivity index (χ3n) is 4.73. The predicted molar refractivity (Wildman–Crippen MR) is 108 cm³/mol. The molecule has 1 heterocycles. The van der Waals surface area contributed by atoms with Crippen molar-refractivity contribution in [3.05, 3.63) is 63.1 Å². The molecule has 2 aromatic carbocycles. The molecule has 0 radical (unpaired) electrons. The van der Waals surface area contributed by atoms with Gasteiger partial charge in [-0.1, -0.05) is 53.2 Å². The molecule has 0 aliphatic carbocycles. The molecule has 0 bridgehead atoms. The van der Waals surface area contributed by atoms with Crippen LogP contribution in [0.25, 0.3) is 0 Å². The number of rotatable bonds is 5. The molecular weight excluding hydrogens is 389 g/mol. The highest BCUT2D eigenvalue weighted by atomic mass is 35.5. The number of ether oxygens (including phenoxy) is 1. The topological polar surface area (TPSA) is 29.5 Å². The van der Waals surface area contributed by atoms with E-state index in [2.05, 4.69) is 19.1 Å². The highest BCUT2D eigenvalue weighted by molar-refractivity contribution is 7.99. The number of thioether (sulfide) groups is 1. The van der Waals surface area contributed by atoms with Crippen molar-refractivity contribution in [2.45, 2.75) is 30.7 Å². The predicted octanol–water partition coefficient (Wildman–Crippen LogP) is 5.38. The molecule has 0 fully saturated rings. The smallest absolute Gasteiger partial charge is 0.227 e. The summed E-state index contributed by atoms with van der Waals surface area (Å²) < 4.78 is 5.19. The lowest BCUT2D eigenvalue weighted by Gasteiger charge is -2.36. The fourth-order valence-electron chi connectivity index (χ4n) is 3.39. The zero-order valence-corrected chi connectivity index (χ0v) is 17.1. The summed E-state index contributed by atoms with van der Waals surface area (Å²) >= 11 is 14.2. The Labute approximate surface area is 168 Å². The van der Waals surface area contributed by atoms with Crippen LogP contribution in [-0.4, -0.2) is 30.4 Å². The van der Waals surface area contributed by atoms with Crippen LogP contribution < -0.4 is 0 Å². The first-order valence-electron chi connectivity index (χ1n) is 8.48. The van der Waals surface area contributed by atoms with Crippen molar-refractivity contribution in [3.8, 4) is 0 Å². The molecule has 1 aliphatic rings. The molecule has 3 rings (SSSR count). The molecule has 1 atom stereocenters. The normalized spacial score (nSPS) is 16.5. The van der Waals surface area contributed by atoms with Crippen molar-refractivity contribution in [1.29, 1.82) is 0 Å². The lowest BCUT2D eigenvalue weighted by atomic mass is 9.93. The number of hydrogen-bond donors (Lipinski definition) is 0. The van der Waals surface area contributed by atoms with Crippen LogP contribution in [0.3, 0.4) is 0 Å². The Morgan fingerprint density at radius 1 is 1.23 bits per heavy atom. The van der Waals surface area contributed by atoms with Crippen molar-refractivity contribution < 1.29 is 9.53 Å². The van der Waals surface area contributed by atoms with E-state index in [1.165, 1.54) is 16.0 Å². The van der Waals surface area contributed by atoms with Gasteiger partial charge in [-0.3, -0.25) is 4.79 Å². The molecule has 0 spiro atoms. The van der Waals surface area contributed by atoms with Gasteiger partial charge in [0.05, 0.1) is 18.4 Å². The summed E-state index contributed by atoms with van der Waals surface area (Å²) in [4.78, 5) is 16.1. The van der Waals surface area contributed by atoms with E-state index in [1.807, 2.05) is 11.0 Å². The van der Waals surface area contributed by atoms with E-state index in [1.54, 1.807) is 37.1 Å². The van der Waals surface area contributed by atoms with Gasteiger partial charge < -0.3 is 9.64 Å². The molecule has 1 aliphatic heterocycles. The van der Waals surface area contributed by atoms with Crippen LogP contribution in [0, 0.1) is 0 Å². The maximum absolute atomic E-state index is 12.9. The second-order valence-corrected chi connectivity index (χ2v) is 8.04. The highest BCUT2D eigenvalue weighted by Gasteiger charge is 2.29. The number of carbonyl (C=O) groups is 1. The lowest BCUT2D eigenvalue weighted by molar-refractivity contribution is -0.133. The minimum atomic E-state index is 0.0237. The fraction of sp³-hybridized carbons (Fsp3) is 0.350. The van der Waals surface area contributed by atoms with Crippen molar-refractivity contribution in [2.75, 3.05) is 19.6 Å². The minimum absolute atomic E-state index is 0.0237. The molecule has 2 aromatic rings. The number of hydrogen-bond acceptors (Lipinski definition) is 3. The number of amides is 1. The van der Waals surface area contributed by atoms with Gasteiger partial charge in [-0.05, 0) is 48.2 Å². The number of fused-ring (bicyclic) bond motifs is 1. The fourth-order valence-corrected chi connectivity index (χ4v) is 4.73. The summed E-state index contributed by atoms with van der Waals surface area (Å²) in [6.07, 6.45) is 1.06. The van der Waals surface area contributed by atoms with E-state index in [-0.39, 0.29) is 18.4 Å². The average molecular weight is 410 g/mol. The molecule has 0 N–H and O–H groups in total. The molecule has 1 amide bonds. The Hall–Kier alpha value is -1.20. The van der Waals surface area contributed by atoms with E-state index in [4.69, 9.17) is 27.9 Å². The third-order valence-corrected chi connectivity index (χ3v) is 6.49. The van der Waals surface area contributed by atoms with Crippen LogP contribution in [0.4, 0.5) is 0 Å². The van der Waals surface area contributed by atoms with Crippen molar-refractivity contribution in [2.24, 2.45) is 0 Å². The molecule has 0 saturated heterocycles. The number of methoxy groups -OCH3 is 1. The van der Waals surface area contributed by atoms with Crippen LogP contribution in [0.5, 0.6) is 0 Å². The van der Waals surface area contributed by atoms with Gasteiger partial charge in [0, 0.05) is 28.6 Å². The second-order valence-electron chi connectivity index (χ2n) is 6.26. The van der Waals surface area contributed by atoms with Gasteiger partial charge in [0.2, 0.25) is 5.91 Å². The molecule has 0 saturated carbocycles. The number of halogens is 2. The van der Waals surface area contributed by atoms with Crippen molar-refractivity contribution in [3.63, 3.8) is 0 Å². The Bertz CT molecular complexity index is 792. The van der Waals surface area contributed by atoms with Gasteiger partial charge in [0.15, 0.2) is 0 Å². The van der Waals surface area contributed by atoms with Gasteiger partial charge in [-0.2, -0.15) is 0 Å². The third kappa shape index (κ3) is 4.04. The summed E-state index contributed by atoms with van der Waals surface area (Å²) in [5.41, 5.74) is 3.22. The Morgan fingerprint density at radius 3 is 2.62 bits per heavy atom. The first-order valence-corrected chi connectivity index (χ1v) is 10.2. The standard InChI is InChI=1S/C20H21Cl2NO2S/c1-13-14-5-3-8-19(26-12-25-2)15(14)9-10-23(13)20(24)11-16-17(21)6-4-7-18(16)22/h3-8,13H,9-12H2,1-2H3/t13-/m0/s1. The summed E-state index contributed by atoms with van der Waals surface area (Å²) in [6, 6.07) is 11.6. The lowest BCUT2D eigenvalue weighted by Crippen LogP contribution is -2.40. The van der Waals surface area contributed by atoms with E-state index < -0.39 is 0 Å². The van der Waals surface area contributed by atoms with E-state index in [0.717, 1.165) is 6.42 Å². The monoisotopic (exact) mass is 409 g/mol. The van der Waals surface area contributed by atoms with Gasteiger partial charge in [0.1, 0.15) is 0 Å². The second kappa shape index (κ2) is 8.66. The molecule has 3 nitrogen and oxygen atoms in total. The van der Waals surface area contributed by atoms with Crippen LogP contribution >= 0.6 is 35.0 Å². The van der Waals surface area contributed by atoms with E-state index >= 15 is 0 Å². The molecule has 0 unspecified atom stereocenters.